The quantitative estimate of drug-likeness (QED) is 0.371. The molecule has 0 aliphatic heterocycles. The molecular formula is C14H18O3. The van der Waals surface area contributed by atoms with Crippen LogP contribution < -0.4 is 0 Å². The maximum Gasteiger partial charge on any atom is 0.145 e. The zero-order valence-electron chi connectivity index (χ0n) is 9.93. The van der Waals surface area contributed by atoms with Crippen molar-refractivity contribution in [2.45, 2.75) is 32.0 Å². The molecule has 0 aliphatic rings. The van der Waals surface area contributed by atoms with Crippen molar-refractivity contribution in [1.82, 2.24) is 0 Å². The highest BCUT2D eigenvalue weighted by Gasteiger charge is 2.08. The van der Waals surface area contributed by atoms with Crippen LogP contribution in [-0.4, -0.2) is 34.1 Å². The van der Waals surface area contributed by atoms with Crippen LogP contribution in [0.5, 0.6) is 0 Å². The molecule has 0 aromatic rings. The van der Waals surface area contributed by atoms with Gasteiger partial charge in [0.15, 0.2) is 0 Å². The van der Waals surface area contributed by atoms with Gasteiger partial charge in [0.1, 0.15) is 12.2 Å². The van der Waals surface area contributed by atoms with Crippen LogP contribution in [0.2, 0.25) is 0 Å². The third-order valence-corrected chi connectivity index (χ3v) is 1.79. The summed E-state index contributed by atoms with van der Waals surface area (Å²) < 4.78 is 0. The van der Waals surface area contributed by atoms with E-state index in [-0.39, 0.29) is 6.61 Å². The smallest absolute Gasteiger partial charge is 0.145 e. The van der Waals surface area contributed by atoms with Crippen LogP contribution in [-0.2, 0) is 0 Å². The van der Waals surface area contributed by atoms with E-state index in [1.165, 1.54) is 6.08 Å². The van der Waals surface area contributed by atoms with E-state index in [1.54, 1.807) is 18.2 Å². The molecule has 0 fully saturated rings. The third kappa shape index (κ3) is 9.41. The van der Waals surface area contributed by atoms with E-state index in [9.17, 15) is 10.2 Å². The van der Waals surface area contributed by atoms with Crippen molar-refractivity contribution in [3.8, 4) is 23.7 Å². The number of hydrogen-bond donors (Lipinski definition) is 3. The second kappa shape index (κ2) is 11.0. The van der Waals surface area contributed by atoms with Crippen molar-refractivity contribution in [1.29, 1.82) is 0 Å². The van der Waals surface area contributed by atoms with Gasteiger partial charge in [-0.25, -0.2) is 0 Å². The first-order valence-electron chi connectivity index (χ1n) is 5.48. The van der Waals surface area contributed by atoms with Gasteiger partial charge in [0.25, 0.3) is 0 Å². The van der Waals surface area contributed by atoms with Crippen LogP contribution in [0.3, 0.4) is 0 Å². The monoisotopic (exact) mass is 234 g/mol. The van der Waals surface area contributed by atoms with Gasteiger partial charge in [-0.05, 0) is 37.7 Å². The van der Waals surface area contributed by atoms with Crippen LogP contribution >= 0.6 is 0 Å². The molecule has 0 saturated carbocycles. The Morgan fingerprint density at radius 2 is 2.00 bits per heavy atom. The van der Waals surface area contributed by atoms with Crippen molar-refractivity contribution >= 4 is 0 Å². The van der Waals surface area contributed by atoms with E-state index in [1.807, 2.05) is 6.92 Å². The van der Waals surface area contributed by atoms with E-state index in [0.717, 1.165) is 0 Å². The summed E-state index contributed by atoms with van der Waals surface area (Å²) >= 11 is 0. The molecule has 0 aliphatic carbocycles. The lowest BCUT2D eigenvalue weighted by Crippen LogP contribution is -2.21. The predicted octanol–water partition coefficient (Wildman–Crippen LogP) is 0.620. The molecule has 0 spiro atoms. The molecular weight excluding hydrogens is 216 g/mol. The number of hydrogen-bond acceptors (Lipinski definition) is 3. The van der Waals surface area contributed by atoms with Crippen LogP contribution in [0, 0.1) is 23.7 Å². The Kier molecular flexibility index (Phi) is 10.00. The van der Waals surface area contributed by atoms with E-state index in [2.05, 4.69) is 23.7 Å². The fourth-order valence-electron chi connectivity index (χ4n) is 0.907. The van der Waals surface area contributed by atoms with E-state index >= 15 is 0 Å². The van der Waals surface area contributed by atoms with Gasteiger partial charge in [-0.1, -0.05) is 30.1 Å². The number of unbranched alkanes of at least 4 members (excludes halogenated alkanes) is 1. The maximum atomic E-state index is 9.46. The summed E-state index contributed by atoms with van der Waals surface area (Å²) in [5, 5.41) is 27.4. The van der Waals surface area contributed by atoms with Gasteiger partial charge in [-0.2, -0.15) is 0 Å². The predicted molar refractivity (Wildman–Crippen MR) is 67.8 cm³/mol. The Balaban J connectivity index is 4.09. The number of allylic oxidation sites excluding steroid dienone is 3. The zero-order chi connectivity index (χ0) is 12.9. The highest BCUT2D eigenvalue weighted by molar-refractivity contribution is 5.32. The van der Waals surface area contributed by atoms with Crippen molar-refractivity contribution in [3.05, 3.63) is 24.3 Å². The average Bonchev–Trinajstić information content (AvgIpc) is 2.34. The Morgan fingerprint density at radius 3 is 2.65 bits per heavy atom. The lowest BCUT2D eigenvalue weighted by atomic mass is 10.1. The molecule has 0 amide bonds. The highest BCUT2D eigenvalue weighted by atomic mass is 16.3. The van der Waals surface area contributed by atoms with E-state index < -0.39 is 12.2 Å². The summed E-state index contributed by atoms with van der Waals surface area (Å²) in [5.74, 6) is 10.1. The first kappa shape index (κ1) is 15.5. The minimum atomic E-state index is -1.14. The average molecular weight is 234 g/mol. The Labute approximate surface area is 102 Å². The summed E-state index contributed by atoms with van der Waals surface area (Å²) in [4.78, 5) is 0. The third-order valence-electron chi connectivity index (χ3n) is 1.79. The lowest BCUT2D eigenvalue weighted by Gasteiger charge is -2.06. The fourth-order valence-corrected chi connectivity index (χ4v) is 0.907. The molecule has 0 aromatic carbocycles. The van der Waals surface area contributed by atoms with Crippen LogP contribution in [0.15, 0.2) is 24.3 Å². The van der Waals surface area contributed by atoms with Gasteiger partial charge < -0.3 is 15.3 Å². The largest absolute Gasteiger partial charge is 0.396 e. The first-order valence-corrected chi connectivity index (χ1v) is 5.48. The molecule has 2 atom stereocenters. The molecule has 0 rings (SSSR count). The van der Waals surface area contributed by atoms with E-state index in [4.69, 9.17) is 5.11 Å². The van der Waals surface area contributed by atoms with Crippen molar-refractivity contribution < 1.29 is 15.3 Å². The first-order chi connectivity index (χ1) is 8.22. The van der Waals surface area contributed by atoms with Gasteiger partial charge >= 0.3 is 0 Å². The Hall–Kier alpha value is -1.52. The normalized spacial score (nSPS) is 13.9. The summed E-state index contributed by atoms with van der Waals surface area (Å²) in [6.07, 6.45) is 5.74. The van der Waals surface area contributed by atoms with Gasteiger partial charge in [-0.15, -0.1) is 0 Å². The van der Waals surface area contributed by atoms with Crippen LogP contribution in [0.4, 0.5) is 0 Å². The number of rotatable bonds is 5. The lowest BCUT2D eigenvalue weighted by molar-refractivity contribution is 0.0868. The van der Waals surface area contributed by atoms with Gasteiger partial charge in [0.05, 0.1) is 0 Å². The zero-order valence-corrected chi connectivity index (χ0v) is 9.93. The molecule has 3 nitrogen and oxygen atoms in total. The molecule has 92 valence electrons. The number of aliphatic hydroxyl groups is 3. The Morgan fingerprint density at radius 1 is 1.24 bits per heavy atom. The van der Waals surface area contributed by atoms with E-state index in [0.29, 0.717) is 12.8 Å². The van der Waals surface area contributed by atoms with Gasteiger partial charge in [-0.3, -0.25) is 0 Å². The van der Waals surface area contributed by atoms with Crippen molar-refractivity contribution in [2.24, 2.45) is 0 Å². The SMILES string of the molecule is C/C=C\C#CC#CC(O)C(O)/C=C/CCCO. The molecule has 0 saturated heterocycles. The molecule has 2 unspecified atom stereocenters. The molecule has 0 radical (unpaired) electrons. The summed E-state index contributed by atoms with van der Waals surface area (Å²) in [5.41, 5.74) is 0. The topological polar surface area (TPSA) is 60.7 Å². The number of aliphatic hydroxyl groups excluding tert-OH is 3. The second-order valence-corrected chi connectivity index (χ2v) is 3.27. The minimum Gasteiger partial charge on any atom is -0.396 e. The Bertz CT molecular complexity index is 360. The summed E-state index contributed by atoms with van der Waals surface area (Å²) in [7, 11) is 0. The highest BCUT2D eigenvalue weighted by Crippen LogP contribution is 1.97. The molecule has 17 heavy (non-hydrogen) atoms. The maximum absolute atomic E-state index is 9.46. The molecule has 0 bridgehead atoms. The van der Waals surface area contributed by atoms with Crippen molar-refractivity contribution in [2.75, 3.05) is 6.61 Å². The summed E-state index contributed by atoms with van der Waals surface area (Å²) in [6.45, 7) is 1.96. The van der Waals surface area contributed by atoms with Gasteiger partial charge in [0.2, 0.25) is 0 Å². The fraction of sp³-hybridized carbons (Fsp3) is 0.429. The molecule has 3 heteroatoms. The van der Waals surface area contributed by atoms with Crippen LogP contribution in [0.25, 0.3) is 0 Å². The minimum absolute atomic E-state index is 0.114. The standard InChI is InChI=1S/C14H18O3/c1-2-3-4-5-7-10-13(16)14(17)11-8-6-9-12-15/h2-3,8,11,13-17H,6,9,12H2,1H3/b3-2-,11-8+. The van der Waals surface area contributed by atoms with Crippen molar-refractivity contribution in [3.63, 3.8) is 0 Å². The second-order valence-electron chi connectivity index (χ2n) is 3.27. The molecule has 0 heterocycles. The molecule has 0 aromatic heterocycles. The van der Waals surface area contributed by atoms with Crippen LogP contribution in [0.1, 0.15) is 19.8 Å². The summed E-state index contributed by atoms with van der Waals surface area (Å²) in [6, 6.07) is 0. The molecule has 3 N–H and O–H groups in total. The van der Waals surface area contributed by atoms with Gasteiger partial charge in [0, 0.05) is 6.61 Å².